The van der Waals surface area contributed by atoms with Gasteiger partial charge in [-0.25, -0.2) is 0 Å². The third-order valence-corrected chi connectivity index (χ3v) is 6.29. The highest BCUT2D eigenvalue weighted by molar-refractivity contribution is 7.86. The first-order valence-electron chi connectivity index (χ1n) is 10.3. The molecule has 1 aromatic rings. The standard InChI is InChI=1S/C22H26O11S/c1-6-11-27-22(5)32-20-19(30-15(4)24)18(29-14(3)23)17(31-21(20)33-22)12-28-34(25,26)16-9-7-13(2)8-10-16/h1,7-10,17-21H,11-12H2,2-5H3/t17-,18-,19+,20+,21+,22?/m1/s1. The number of ether oxygens (including phenoxy) is 6. The summed E-state index contributed by atoms with van der Waals surface area (Å²) in [6, 6.07) is 6.04. The van der Waals surface area contributed by atoms with E-state index in [0.29, 0.717) is 0 Å². The summed E-state index contributed by atoms with van der Waals surface area (Å²) in [5.74, 6) is -0.788. The molecule has 0 bridgehead atoms. The molecule has 0 amide bonds. The Bertz CT molecular complexity index is 1050. The van der Waals surface area contributed by atoms with Gasteiger partial charge in [0.1, 0.15) is 12.7 Å². The molecular weight excluding hydrogens is 472 g/mol. The lowest BCUT2D eigenvalue weighted by Gasteiger charge is -2.40. The van der Waals surface area contributed by atoms with Crippen LogP contribution in [-0.2, 0) is 52.3 Å². The zero-order chi connectivity index (χ0) is 25.1. The summed E-state index contributed by atoms with van der Waals surface area (Å²) in [7, 11) is -4.17. The molecule has 186 valence electrons. The Balaban J connectivity index is 1.86. The van der Waals surface area contributed by atoms with Crippen molar-refractivity contribution in [2.75, 3.05) is 13.2 Å². The lowest BCUT2D eigenvalue weighted by atomic mass is 9.98. The molecule has 2 aliphatic heterocycles. The molecule has 0 aliphatic carbocycles. The number of aryl methyl sites for hydroxylation is 1. The second-order valence-corrected chi connectivity index (χ2v) is 9.41. The van der Waals surface area contributed by atoms with E-state index in [-0.39, 0.29) is 11.5 Å². The molecule has 34 heavy (non-hydrogen) atoms. The number of rotatable bonds is 8. The van der Waals surface area contributed by atoms with Gasteiger partial charge >= 0.3 is 11.9 Å². The molecule has 2 heterocycles. The topological polar surface area (TPSA) is 133 Å². The summed E-state index contributed by atoms with van der Waals surface area (Å²) in [6.45, 7) is 4.83. The number of hydrogen-bond acceptors (Lipinski definition) is 11. The van der Waals surface area contributed by atoms with Gasteiger partial charge in [0.2, 0.25) is 0 Å². The molecule has 3 rings (SSSR count). The van der Waals surface area contributed by atoms with E-state index in [0.717, 1.165) is 19.4 Å². The molecule has 6 atom stereocenters. The molecular formula is C22H26O11S. The van der Waals surface area contributed by atoms with Gasteiger partial charge in [0, 0.05) is 20.8 Å². The maximum atomic E-state index is 12.7. The van der Waals surface area contributed by atoms with Crippen molar-refractivity contribution in [3.05, 3.63) is 29.8 Å². The molecule has 0 N–H and O–H groups in total. The molecule has 1 unspecified atom stereocenters. The van der Waals surface area contributed by atoms with Crippen molar-refractivity contribution in [2.45, 2.75) is 69.3 Å². The Hall–Kier alpha value is -2.53. The highest BCUT2D eigenvalue weighted by Crippen LogP contribution is 2.39. The van der Waals surface area contributed by atoms with Gasteiger partial charge in [0.25, 0.3) is 16.1 Å². The number of carbonyl (C=O) groups excluding carboxylic acids is 2. The van der Waals surface area contributed by atoms with E-state index in [2.05, 4.69) is 5.92 Å². The van der Waals surface area contributed by atoms with Crippen molar-refractivity contribution in [3.63, 3.8) is 0 Å². The fraction of sp³-hybridized carbons (Fsp3) is 0.545. The SMILES string of the molecule is C#CCOC1(C)O[C@@H]2O[C@H](COS(=O)(=O)c3ccc(C)cc3)[C@@H](OC(C)=O)[C@H](OC(C)=O)[C@@H]2O1. The van der Waals surface area contributed by atoms with E-state index in [1.807, 2.05) is 6.92 Å². The van der Waals surface area contributed by atoms with Crippen LogP contribution < -0.4 is 0 Å². The minimum atomic E-state index is -4.17. The Kier molecular flexibility index (Phi) is 7.97. The van der Waals surface area contributed by atoms with E-state index >= 15 is 0 Å². The molecule has 0 radical (unpaired) electrons. The van der Waals surface area contributed by atoms with Crippen molar-refractivity contribution in [3.8, 4) is 12.3 Å². The fourth-order valence-corrected chi connectivity index (χ4v) is 4.47. The van der Waals surface area contributed by atoms with E-state index in [1.54, 1.807) is 12.1 Å². The summed E-state index contributed by atoms with van der Waals surface area (Å²) in [5, 5.41) is 0. The maximum absolute atomic E-state index is 12.7. The van der Waals surface area contributed by atoms with Crippen LogP contribution in [0, 0.1) is 19.3 Å². The van der Waals surface area contributed by atoms with E-state index in [4.69, 9.17) is 39.0 Å². The molecule has 0 saturated carbocycles. The second-order valence-electron chi connectivity index (χ2n) is 7.80. The lowest BCUT2D eigenvalue weighted by molar-refractivity contribution is -0.339. The zero-order valence-electron chi connectivity index (χ0n) is 19.1. The smallest absolute Gasteiger partial charge is 0.303 e. The molecule has 0 aromatic heterocycles. The lowest BCUT2D eigenvalue weighted by Crippen LogP contribution is -2.60. The van der Waals surface area contributed by atoms with Gasteiger partial charge in [-0.05, 0) is 19.1 Å². The number of benzene rings is 1. The van der Waals surface area contributed by atoms with Crippen LogP contribution in [0.3, 0.4) is 0 Å². The second kappa shape index (κ2) is 10.4. The van der Waals surface area contributed by atoms with Gasteiger partial charge < -0.3 is 23.7 Å². The van der Waals surface area contributed by atoms with Gasteiger partial charge in [-0.3, -0.25) is 18.5 Å². The summed E-state index contributed by atoms with van der Waals surface area (Å²) in [5.41, 5.74) is 0.869. The van der Waals surface area contributed by atoms with Crippen LogP contribution in [-0.4, -0.2) is 70.2 Å². The highest BCUT2D eigenvalue weighted by Gasteiger charge is 2.59. The fourth-order valence-electron chi connectivity index (χ4n) is 3.55. The van der Waals surface area contributed by atoms with Gasteiger partial charge in [0.15, 0.2) is 24.6 Å². The molecule has 2 aliphatic rings. The van der Waals surface area contributed by atoms with Crippen molar-refractivity contribution >= 4 is 22.1 Å². The average molecular weight is 499 g/mol. The van der Waals surface area contributed by atoms with E-state index < -0.39 is 65.3 Å². The van der Waals surface area contributed by atoms with Crippen molar-refractivity contribution in [2.24, 2.45) is 0 Å². The zero-order valence-corrected chi connectivity index (χ0v) is 19.9. The van der Waals surface area contributed by atoms with Crippen LogP contribution in [0.15, 0.2) is 29.2 Å². The molecule has 2 saturated heterocycles. The summed E-state index contributed by atoms with van der Waals surface area (Å²) >= 11 is 0. The molecule has 0 spiro atoms. The van der Waals surface area contributed by atoms with Crippen molar-refractivity contribution in [1.29, 1.82) is 0 Å². The van der Waals surface area contributed by atoms with Crippen LogP contribution in [0.5, 0.6) is 0 Å². The monoisotopic (exact) mass is 498 g/mol. The Morgan fingerprint density at radius 2 is 1.71 bits per heavy atom. The number of fused-ring (bicyclic) bond motifs is 1. The largest absolute Gasteiger partial charge is 0.456 e. The minimum Gasteiger partial charge on any atom is -0.456 e. The number of terminal acetylenes is 1. The summed E-state index contributed by atoms with van der Waals surface area (Å²) in [4.78, 5) is 23.6. The van der Waals surface area contributed by atoms with Crippen LogP contribution in [0.1, 0.15) is 26.3 Å². The van der Waals surface area contributed by atoms with Crippen LogP contribution in [0.4, 0.5) is 0 Å². The van der Waals surface area contributed by atoms with Gasteiger partial charge in [-0.1, -0.05) is 23.6 Å². The third kappa shape index (κ3) is 6.12. The van der Waals surface area contributed by atoms with Crippen LogP contribution >= 0.6 is 0 Å². The first-order valence-corrected chi connectivity index (χ1v) is 11.7. The first-order chi connectivity index (χ1) is 15.9. The number of carbonyl (C=O) groups is 2. The molecule has 11 nitrogen and oxygen atoms in total. The first kappa shape index (κ1) is 26.1. The maximum Gasteiger partial charge on any atom is 0.303 e. The summed E-state index contributed by atoms with van der Waals surface area (Å²) in [6.07, 6.45) is -0.702. The third-order valence-electron chi connectivity index (χ3n) is 4.99. The highest BCUT2D eigenvalue weighted by atomic mass is 32.2. The Morgan fingerprint density at radius 3 is 2.29 bits per heavy atom. The van der Waals surface area contributed by atoms with Gasteiger partial charge in [-0.15, -0.1) is 6.42 Å². The number of esters is 2. The van der Waals surface area contributed by atoms with E-state index in [1.165, 1.54) is 19.1 Å². The van der Waals surface area contributed by atoms with Gasteiger partial charge in [-0.2, -0.15) is 8.42 Å². The van der Waals surface area contributed by atoms with Crippen LogP contribution in [0.25, 0.3) is 0 Å². The van der Waals surface area contributed by atoms with Gasteiger partial charge in [0.05, 0.1) is 11.5 Å². The normalized spacial score (nSPS) is 30.7. The Labute approximate surface area is 197 Å². The summed E-state index contributed by atoms with van der Waals surface area (Å²) < 4.78 is 63.9. The molecule has 12 heteroatoms. The van der Waals surface area contributed by atoms with Crippen molar-refractivity contribution in [1.82, 2.24) is 0 Å². The minimum absolute atomic E-state index is 0.0666. The Morgan fingerprint density at radius 1 is 1.09 bits per heavy atom. The predicted octanol–water partition coefficient (Wildman–Crippen LogP) is 1.03. The predicted molar refractivity (Wildman–Crippen MR) is 113 cm³/mol. The average Bonchev–Trinajstić information content (AvgIpc) is 3.09. The number of hydrogen-bond donors (Lipinski definition) is 0. The van der Waals surface area contributed by atoms with E-state index in [9.17, 15) is 18.0 Å². The quantitative estimate of drug-likeness (QED) is 0.289. The van der Waals surface area contributed by atoms with Crippen LogP contribution in [0.2, 0.25) is 0 Å². The molecule has 2 fully saturated rings. The van der Waals surface area contributed by atoms with Crippen molar-refractivity contribution < 1.29 is 50.6 Å². The molecule has 1 aromatic carbocycles.